The van der Waals surface area contributed by atoms with Gasteiger partial charge in [0.25, 0.3) is 0 Å². The summed E-state index contributed by atoms with van der Waals surface area (Å²) >= 11 is 0. The van der Waals surface area contributed by atoms with E-state index in [0.717, 1.165) is 25.7 Å². The third kappa shape index (κ3) is 3.81. The zero-order chi connectivity index (χ0) is 17.9. The van der Waals surface area contributed by atoms with Gasteiger partial charge in [0, 0.05) is 12.0 Å². The number of carbonyl (C=O) groups is 2. The Bertz CT molecular complexity index is 826. The standard InChI is InChI=1S/C19H22N4O3/c24-17(15-6-5-13-3-1-2-4-14(13)11-15)9-10-19(25)26-12-18-20-21-22-23(18)16-7-8-16/h5-6,11,16H,1-4,7-10,12H2. The van der Waals surface area contributed by atoms with Crippen LogP contribution in [0.2, 0.25) is 0 Å². The van der Waals surface area contributed by atoms with Crippen LogP contribution in [0.4, 0.5) is 0 Å². The molecule has 1 fully saturated rings. The fraction of sp³-hybridized carbons (Fsp3) is 0.526. The first-order valence-corrected chi connectivity index (χ1v) is 9.28. The first-order valence-electron chi connectivity index (χ1n) is 9.28. The molecule has 1 aromatic heterocycles. The molecule has 26 heavy (non-hydrogen) atoms. The van der Waals surface area contributed by atoms with E-state index in [-0.39, 0.29) is 25.2 Å². The van der Waals surface area contributed by atoms with E-state index in [1.54, 1.807) is 4.68 Å². The molecule has 0 atom stereocenters. The number of fused-ring (bicyclic) bond motifs is 1. The van der Waals surface area contributed by atoms with Gasteiger partial charge in [-0.1, -0.05) is 12.1 Å². The molecular weight excluding hydrogens is 332 g/mol. The van der Waals surface area contributed by atoms with Crippen LogP contribution in [-0.2, 0) is 29.0 Å². The number of hydrogen-bond acceptors (Lipinski definition) is 6. The minimum absolute atomic E-state index is 0.0156. The number of esters is 1. The second-order valence-electron chi connectivity index (χ2n) is 7.05. The second-order valence-corrected chi connectivity index (χ2v) is 7.05. The number of aromatic nitrogens is 4. The maximum atomic E-state index is 12.4. The smallest absolute Gasteiger partial charge is 0.306 e. The van der Waals surface area contributed by atoms with E-state index in [0.29, 0.717) is 17.4 Å². The highest BCUT2D eigenvalue weighted by atomic mass is 16.5. The molecule has 2 aliphatic rings. The quantitative estimate of drug-likeness (QED) is 0.561. The third-order valence-corrected chi connectivity index (χ3v) is 5.04. The molecule has 136 valence electrons. The van der Waals surface area contributed by atoms with Crippen LogP contribution in [-0.4, -0.2) is 32.0 Å². The second kappa shape index (κ2) is 7.35. The zero-order valence-electron chi connectivity index (χ0n) is 14.7. The van der Waals surface area contributed by atoms with Crippen molar-refractivity contribution in [2.45, 2.75) is 64.0 Å². The van der Waals surface area contributed by atoms with Crippen LogP contribution in [0.25, 0.3) is 0 Å². The Hall–Kier alpha value is -2.57. The molecule has 0 bridgehead atoms. The Balaban J connectivity index is 1.27. The van der Waals surface area contributed by atoms with Gasteiger partial charge in [-0.15, -0.1) is 5.10 Å². The molecule has 1 saturated carbocycles. The highest BCUT2D eigenvalue weighted by molar-refractivity contribution is 5.97. The summed E-state index contributed by atoms with van der Waals surface area (Å²) in [5.74, 6) is 0.140. The van der Waals surface area contributed by atoms with Crippen LogP contribution in [0.5, 0.6) is 0 Å². The van der Waals surface area contributed by atoms with E-state index in [1.807, 2.05) is 12.1 Å². The Morgan fingerprint density at radius 2 is 1.92 bits per heavy atom. The van der Waals surface area contributed by atoms with Crippen LogP contribution in [0.15, 0.2) is 18.2 Å². The van der Waals surface area contributed by atoms with Crippen LogP contribution in [0, 0.1) is 0 Å². The molecule has 4 rings (SSSR count). The first-order chi connectivity index (χ1) is 12.7. The van der Waals surface area contributed by atoms with Crippen LogP contribution in [0.1, 0.15) is 71.9 Å². The van der Waals surface area contributed by atoms with Gasteiger partial charge in [0.2, 0.25) is 0 Å². The van der Waals surface area contributed by atoms with Crippen molar-refractivity contribution in [3.63, 3.8) is 0 Å². The summed E-state index contributed by atoms with van der Waals surface area (Å²) in [5, 5.41) is 11.4. The monoisotopic (exact) mass is 354 g/mol. The van der Waals surface area contributed by atoms with Gasteiger partial charge in [-0.25, -0.2) is 4.68 Å². The number of aryl methyl sites for hydroxylation is 2. The predicted molar refractivity (Wildman–Crippen MR) is 92.5 cm³/mol. The number of Topliss-reactive ketones (excluding diaryl/α,β-unsaturated/α-hetero) is 1. The van der Waals surface area contributed by atoms with E-state index in [2.05, 4.69) is 21.6 Å². The fourth-order valence-corrected chi connectivity index (χ4v) is 3.39. The molecule has 7 nitrogen and oxygen atoms in total. The van der Waals surface area contributed by atoms with E-state index >= 15 is 0 Å². The van der Waals surface area contributed by atoms with Crippen molar-refractivity contribution >= 4 is 11.8 Å². The topological polar surface area (TPSA) is 87.0 Å². The minimum Gasteiger partial charge on any atom is -0.457 e. The molecular formula is C19H22N4O3. The molecule has 1 aromatic carbocycles. The third-order valence-electron chi connectivity index (χ3n) is 5.04. The van der Waals surface area contributed by atoms with Gasteiger partial charge >= 0.3 is 5.97 Å². The molecule has 0 spiro atoms. The highest BCUT2D eigenvalue weighted by Gasteiger charge is 2.28. The van der Waals surface area contributed by atoms with Gasteiger partial charge in [0.1, 0.15) is 0 Å². The number of ether oxygens (including phenoxy) is 1. The first kappa shape index (κ1) is 16.9. The van der Waals surface area contributed by atoms with Crippen molar-refractivity contribution in [2.24, 2.45) is 0 Å². The fourth-order valence-electron chi connectivity index (χ4n) is 3.39. The van der Waals surface area contributed by atoms with E-state index < -0.39 is 5.97 Å². The Kier molecular flexibility index (Phi) is 4.77. The number of carbonyl (C=O) groups excluding carboxylic acids is 2. The number of rotatable bonds is 7. The van der Waals surface area contributed by atoms with Crippen molar-refractivity contribution in [2.75, 3.05) is 0 Å². The number of ketones is 1. The lowest BCUT2D eigenvalue weighted by molar-refractivity contribution is -0.145. The number of benzene rings is 1. The number of tetrazole rings is 1. The van der Waals surface area contributed by atoms with E-state index in [9.17, 15) is 9.59 Å². The number of hydrogen-bond donors (Lipinski definition) is 0. The normalized spacial score (nSPS) is 16.2. The molecule has 0 amide bonds. The highest BCUT2D eigenvalue weighted by Crippen LogP contribution is 2.34. The maximum absolute atomic E-state index is 12.4. The van der Waals surface area contributed by atoms with Crippen molar-refractivity contribution in [3.8, 4) is 0 Å². The molecule has 0 unspecified atom stereocenters. The molecule has 7 heteroatoms. The zero-order valence-corrected chi connectivity index (χ0v) is 14.7. The van der Waals surface area contributed by atoms with Crippen LogP contribution >= 0.6 is 0 Å². The van der Waals surface area contributed by atoms with Gasteiger partial charge in [-0.2, -0.15) is 0 Å². The summed E-state index contributed by atoms with van der Waals surface area (Å²) in [5.41, 5.74) is 3.31. The van der Waals surface area contributed by atoms with Gasteiger partial charge in [0.15, 0.2) is 18.2 Å². The lowest BCUT2D eigenvalue weighted by Gasteiger charge is -2.16. The predicted octanol–water partition coefficient (Wildman–Crippen LogP) is 2.59. The average Bonchev–Trinajstić information content (AvgIpc) is 3.41. The summed E-state index contributed by atoms with van der Waals surface area (Å²) in [6, 6.07) is 6.26. The molecule has 0 N–H and O–H groups in total. The SMILES string of the molecule is O=C(CCC(=O)c1ccc2c(c1)CCCC2)OCc1nnnn1C1CC1. The lowest BCUT2D eigenvalue weighted by Crippen LogP contribution is -2.12. The Morgan fingerprint density at radius 1 is 1.12 bits per heavy atom. The largest absolute Gasteiger partial charge is 0.457 e. The lowest BCUT2D eigenvalue weighted by atomic mass is 9.89. The van der Waals surface area contributed by atoms with Crippen molar-refractivity contribution < 1.29 is 14.3 Å². The van der Waals surface area contributed by atoms with Crippen LogP contribution in [0.3, 0.4) is 0 Å². The summed E-state index contributed by atoms with van der Waals surface area (Å²) in [6.07, 6.45) is 6.87. The van der Waals surface area contributed by atoms with Crippen molar-refractivity contribution in [1.29, 1.82) is 0 Å². The Labute approximate surface area is 151 Å². The Morgan fingerprint density at radius 3 is 2.73 bits per heavy atom. The molecule has 0 saturated heterocycles. The minimum atomic E-state index is -0.401. The molecule has 1 heterocycles. The van der Waals surface area contributed by atoms with Crippen molar-refractivity contribution in [1.82, 2.24) is 20.2 Å². The molecule has 0 radical (unpaired) electrons. The van der Waals surface area contributed by atoms with Gasteiger partial charge < -0.3 is 4.74 Å². The summed E-state index contributed by atoms with van der Waals surface area (Å²) < 4.78 is 6.94. The number of nitrogens with zero attached hydrogens (tertiary/aromatic N) is 4. The maximum Gasteiger partial charge on any atom is 0.306 e. The van der Waals surface area contributed by atoms with Crippen molar-refractivity contribution in [3.05, 3.63) is 40.7 Å². The molecule has 0 aliphatic heterocycles. The van der Waals surface area contributed by atoms with E-state index in [4.69, 9.17) is 4.74 Å². The summed E-state index contributed by atoms with van der Waals surface area (Å²) in [4.78, 5) is 24.3. The summed E-state index contributed by atoms with van der Waals surface area (Å²) in [6.45, 7) is 0.0510. The van der Waals surface area contributed by atoms with E-state index in [1.165, 1.54) is 24.0 Å². The average molecular weight is 354 g/mol. The van der Waals surface area contributed by atoms with Gasteiger partial charge in [0.05, 0.1) is 12.5 Å². The van der Waals surface area contributed by atoms with Gasteiger partial charge in [-0.3, -0.25) is 9.59 Å². The molecule has 2 aromatic rings. The van der Waals surface area contributed by atoms with Crippen LogP contribution < -0.4 is 0 Å². The van der Waals surface area contributed by atoms with Gasteiger partial charge in [-0.05, 0) is 66.1 Å². The molecule has 2 aliphatic carbocycles. The summed E-state index contributed by atoms with van der Waals surface area (Å²) in [7, 11) is 0.